The maximum absolute atomic E-state index is 11.5. The molecule has 0 bridgehead atoms. The molecule has 3 nitrogen and oxygen atoms in total. The van der Waals surface area contributed by atoms with Gasteiger partial charge in [-0.2, -0.15) is 0 Å². The van der Waals surface area contributed by atoms with Gasteiger partial charge < -0.3 is 10.1 Å². The van der Waals surface area contributed by atoms with Crippen LogP contribution in [0.15, 0.2) is 0 Å². The van der Waals surface area contributed by atoms with Crippen molar-refractivity contribution in [2.24, 2.45) is 11.8 Å². The molecule has 0 aliphatic heterocycles. The number of esters is 1. The van der Waals surface area contributed by atoms with Gasteiger partial charge in [-0.25, -0.2) is 0 Å². The molecule has 0 spiro atoms. The van der Waals surface area contributed by atoms with Crippen LogP contribution in [0.3, 0.4) is 0 Å². The summed E-state index contributed by atoms with van der Waals surface area (Å²) < 4.78 is 5.01. The average Bonchev–Trinajstić information content (AvgIpc) is 2.25. The number of carbonyl (C=O) groups is 1. The van der Waals surface area contributed by atoms with Crippen molar-refractivity contribution in [3.63, 3.8) is 0 Å². The molecule has 16 heavy (non-hydrogen) atoms. The predicted molar refractivity (Wildman–Crippen MR) is 65.2 cm³/mol. The molecule has 1 aliphatic rings. The van der Waals surface area contributed by atoms with Crippen molar-refractivity contribution >= 4 is 5.97 Å². The maximum Gasteiger partial charge on any atom is 0.322 e. The van der Waals surface area contributed by atoms with Crippen molar-refractivity contribution in [2.75, 3.05) is 6.61 Å². The molecule has 0 aromatic rings. The summed E-state index contributed by atoms with van der Waals surface area (Å²) in [4.78, 5) is 11.5. The molecular formula is C13H25NO2. The van der Waals surface area contributed by atoms with Crippen LogP contribution in [-0.2, 0) is 9.53 Å². The predicted octanol–water partition coefficient (Wildman–Crippen LogP) is 2.35. The first kappa shape index (κ1) is 13.5. The molecule has 1 N–H and O–H groups in total. The molecule has 3 heteroatoms. The number of hydrogen-bond acceptors (Lipinski definition) is 3. The van der Waals surface area contributed by atoms with E-state index in [0.717, 1.165) is 5.92 Å². The van der Waals surface area contributed by atoms with E-state index >= 15 is 0 Å². The Kier molecular flexibility index (Phi) is 5.26. The summed E-state index contributed by atoms with van der Waals surface area (Å²) in [7, 11) is 0. The SMILES string of the molecule is CCOC(=O)C(C)NC1CCCC(C)C1C. The van der Waals surface area contributed by atoms with Crippen LogP contribution >= 0.6 is 0 Å². The van der Waals surface area contributed by atoms with Crippen molar-refractivity contribution in [3.05, 3.63) is 0 Å². The standard InChI is InChI=1S/C13H25NO2/c1-5-16-13(15)11(4)14-12-8-6-7-9(2)10(12)3/h9-12,14H,5-8H2,1-4H3. The van der Waals surface area contributed by atoms with Crippen LogP contribution in [0.25, 0.3) is 0 Å². The monoisotopic (exact) mass is 227 g/mol. The zero-order valence-corrected chi connectivity index (χ0v) is 11.0. The Balaban J connectivity index is 2.43. The maximum atomic E-state index is 11.5. The minimum absolute atomic E-state index is 0.132. The van der Waals surface area contributed by atoms with E-state index in [1.165, 1.54) is 19.3 Å². The zero-order chi connectivity index (χ0) is 12.1. The third-order valence-corrected chi connectivity index (χ3v) is 3.81. The van der Waals surface area contributed by atoms with E-state index in [1.54, 1.807) is 0 Å². The van der Waals surface area contributed by atoms with Crippen molar-refractivity contribution in [1.29, 1.82) is 0 Å². The van der Waals surface area contributed by atoms with Crippen LogP contribution < -0.4 is 5.32 Å². The highest BCUT2D eigenvalue weighted by Gasteiger charge is 2.29. The third kappa shape index (κ3) is 3.48. The van der Waals surface area contributed by atoms with Gasteiger partial charge in [0.15, 0.2) is 0 Å². The second-order valence-electron chi connectivity index (χ2n) is 5.01. The van der Waals surface area contributed by atoms with Gasteiger partial charge in [-0.05, 0) is 32.1 Å². The summed E-state index contributed by atoms with van der Waals surface area (Å²) in [6.45, 7) is 8.77. The first-order valence-corrected chi connectivity index (χ1v) is 6.49. The first-order valence-electron chi connectivity index (χ1n) is 6.49. The number of hydrogen-bond donors (Lipinski definition) is 1. The quantitative estimate of drug-likeness (QED) is 0.749. The van der Waals surface area contributed by atoms with Crippen molar-refractivity contribution < 1.29 is 9.53 Å². The van der Waals surface area contributed by atoms with Crippen molar-refractivity contribution in [2.45, 2.75) is 59.0 Å². The lowest BCUT2D eigenvalue weighted by molar-refractivity contribution is -0.145. The zero-order valence-electron chi connectivity index (χ0n) is 11.0. The van der Waals surface area contributed by atoms with Crippen LogP contribution in [0.4, 0.5) is 0 Å². The number of rotatable bonds is 4. The highest BCUT2D eigenvalue weighted by atomic mass is 16.5. The number of nitrogens with one attached hydrogen (secondary N) is 1. The Hall–Kier alpha value is -0.570. The van der Waals surface area contributed by atoms with Gasteiger partial charge in [-0.15, -0.1) is 0 Å². The van der Waals surface area contributed by atoms with E-state index in [4.69, 9.17) is 4.74 Å². The van der Waals surface area contributed by atoms with Crippen molar-refractivity contribution in [3.8, 4) is 0 Å². The smallest absolute Gasteiger partial charge is 0.322 e. The Morgan fingerprint density at radius 2 is 2.12 bits per heavy atom. The normalized spacial score (nSPS) is 32.1. The first-order chi connectivity index (χ1) is 7.56. The molecule has 94 valence electrons. The molecule has 1 fully saturated rings. The number of carbonyl (C=O) groups excluding carboxylic acids is 1. The van der Waals surface area contributed by atoms with Gasteiger partial charge in [0.1, 0.15) is 6.04 Å². The molecule has 0 aromatic heterocycles. The van der Waals surface area contributed by atoms with E-state index in [1.807, 2.05) is 13.8 Å². The Morgan fingerprint density at radius 3 is 2.75 bits per heavy atom. The summed E-state index contributed by atoms with van der Waals surface area (Å²) >= 11 is 0. The van der Waals surface area contributed by atoms with Crippen LogP contribution in [0.2, 0.25) is 0 Å². The second kappa shape index (κ2) is 6.24. The Labute approximate surface area is 98.9 Å². The van der Waals surface area contributed by atoms with Gasteiger partial charge in [0.05, 0.1) is 6.61 Å². The molecule has 4 atom stereocenters. The minimum Gasteiger partial charge on any atom is -0.465 e. The molecule has 1 saturated carbocycles. The fraction of sp³-hybridized carbons (Fsp3) is 0.923. The largest absolute Gasteiger partial charge is 0.465 e. The lowest BCUT2D eigenvalue weighted by atomic mass is 9.78. The van der Waals surface area contributed by atoms with Crippen LogP contribution in [0.1, 0.15) is 47.0 Å². The molecule has 1 aliphatic carbocycles. The van der Waals surface area contributed by atoms with Gasteiger partial charge in [-0.3, -0.25) is 4.79 Å². The van der Waals surface area contributed by atoms with E-state index in [9.17, 15) is 4.79 Å². The lowest BCUT2D eigenvalue weighted by Gasteiger charge is -2.36. The lowest BCUT2D eigenvalue weighted by Crippen LogP contribution is -2.48. The summed E-state index contributed by atoms with van der Waals surface area (Å²) in [6, 6.07) is 0.279. The van der Waals surface area contributed by atoms with E-state index < -0.39 is 0 Å². The minimum atomic E-state index is -0.183. The van der Waals surface area contributed by atoms with Crippen molar-refractivity contribution in [1.82, 2.24) is 5.32 Å². The highest BCUT2D eigenvalue weighted by Crippen LogP contribution is 2.29. The molecule has 0 saturated heterocycles. The molecule has 4 unspecified atom stereocenters. The molecular weight excluding hydrogens is 202 g/mol. The topological polar surface area (TPSA) is 38.3 Å². The van der Waals surface area contributed by atoms with Gasteiger partial charge >= 0.3 is 5.97 Å². The molecule has 0 aromatic carbocycles. The highest BCUT2D eigenvalue weighted by molar-refractivity contribution is 5.75. The summed E-state index contributed by atoms with van der Waals surface area (Å²) in [6.07, 6.45) is 3.75. The van der Waals surface area contributed by atoms with Crippen LogP contribution in [-0.4, -0.2) is 24.7 Å². The Morgan fingerprint density at radius 1 is 1.44 bits per heavy atom. The van der Waals surface area contributed by atoms with Crippen LogP contribution in [0, 0.1) is 11.8 Å². The van der Waals surface area contributed by atoms with E-state index in [0.29, 0.717) is 18.6 Å². The van der Waals surface area contributed by atoms with Crippen LogP contribution in [0.5, 0.6) is 0 Å². The molecule has 0 amide bonds. The Bertz CT molecular complexity index is 230. The fourth-order valence-electron chi connectivity index (χ4n) is 2.47. The second-order valence-corrected chi connectivity index (χ2v) is 5.01. The summed E-state index contributed by atoms with van der Waals surface area (Å²) in [5.74, 6) is 1.26. The van der Waals surface area contributed by atoms with Gasteiger partial charge in [-0.1, -0.05) is 26.7 Å². The molecule has 0 radical (unpaired) electrons. The molecule has 1 rings (SSSR count). The molecule has 0 heterocycles. The van der Waals surface area contributed by atoms with E-state index in [2.05, 4.69) is 19.2 Å². The fourth-order valence-corrected chi connectivity index (χ4v) is 2.47. The van der Waals surface area contributed by atoms with E-state index in [-0.39, 0.29) is 12.0 Å². The van der Waals surface area contributed by atoms with Gasteiger partial charge in [0.2, 0.25) is 0 Å². The third-order valence-electron chi connectivity index (χ3n) is 3.81. The summed E-state index contributed by atoms with van der Waals surface area (Å²) in [5.41, 5.74) is 0. The van der Waals surface area contributed by atoms with Gasteiger partial charge in [0, 0.05) is 6.04 Å². The number of ether oxygens (including phenoxy) is 1. The average molecular weight is 227 g/mol. The van der Waals surface area contributed by atoms with Gasteiger partial charge in [0.25, 0.3) is 0 Å². The summed E-state index contributed by atoms with van der Waals surface area (Å²) in [5, 5.41) is 3.41.